The smallest absolute Gasteiger partial charge is 0.191 e. The molecule has 0 spiro atoms. The lowest BCUT2D eigenvalue weighted by Gasteiger charge is -2.19. The van der Waals surface area contributed by atoms with Crippen LogP contribution in [0.3, 0.4) is 0 Å². The van der Waals surface area contributed by atoms with Crippen LogP contribution in [0.25, 0.3) is 10.9 Å². The quantitative estimate of drug-likeness (QED) is 0.386. The first-order chi connectivity index (χ1) is 15.6. The first-order valence-corrected chi connectivity index (χ1v) is 12.0. The Bertz CT molecular complexity index is 1350. The van der Waals surface area contributed by atoms with Crippen LogP contribution in [0.5, 0.6) is 5.75 Å². The summed E-state index contributed by atoms with van der Waals surface area (Å²) >= 11 is 1.54. The van der Waals surface area contributed by atoms with Gasteiger partial charge in [0.05, 0.1) is 5.52 Å². The number of ether oxygens (including phenoxy) is 1. The van der Waals surface area contributed by atoms with E-state index >= 15 is 0 Å². The second-order valence-electron chi connectivity index (χ2n) is 9.40. The molecule has 6 nitrogen and oxygen atoms in total. The van der Waals surface area contributed by atoms with Crippen LogP contribution in [0.4, 0.5) is 0 Å². The second-order valence-corrected chi connectivity index (χ2v) is 10.3. The summed E-state index contributed by atoms with van der Waals surface area (Å²) in [7, 11) is 1.93. The summed E-state index contributed by atoms with van der Waals surface area (Å²) in [5, 5.41) is 10.1. The van der Waals surface area contributed by atoms with E-state index in [9.17, 15) is 4.79 Å². The maximum atomic E-state index is 12.6. The topological polar surface area (TPSA) is 72.8 Å². The zero-order valence-corrected chi connectivity index (χ0v) is 20.8. The van der Waals surface area contributed by atoms with Crippen molar-refractivity contribution >= 4 is 22.7 Å². The fourth-order valence-corrected chi connectivity index (χ4v) is 4.47. The molecular weight excluding hydrogens is 432 g/mol. The highest BCUT2D eigenvalue weighted by Crippen LogP contribution is 2.25. The van der Waals surface area contributed by atoms with Crippen LogP contribution in [0, 0.1) is 13.8 Å². The number of thioether (sulfide) groups is 1. The second kappa shape index (κ2) is 9.06. The SMILES string of the molecule is Cc1ccc2c(=O)cc(CSc3nnc(COc4ccc(C(C)(C)C)cc4)n3C)[nH]c2c1C. The molecule has 0 radical (unpaired) electrons. The summed E-state index contributed by atoms with van der Waals surface area (Å²) in [6.07, 6.45) is 0. The van der Waals surface area contributed by atoms with Crippen LogP contribution in [0.2, 0.25) is 0 Å². The van der Waals surface area contributed by atoms with Crippen molar-refractivity contribution in [1.29, 1.82) is 0 Å². The van der Waals surface area contributed by atoms with Gasteiger partial charge >= 0.3 is 0 Å². The van der Waals surface area contributed by atoms with Gasteiger partial charge in [0.2, 0.25) is 0 Å². The number of pyridine rings is 1. The number of aryl methyl sites for hydroxylation is 2. The summed E-state index contributed by atoms with van der Waals surface area (Å²) < 4.78 is 7.86. The monoisotopic (exact) mass is 462 g/mol. The molecule has 4 rings (SSSR count). The van der Waals surface area contributed by atoms with Gasteiger partial charge in [0.1, 0.15) is 12.4 Å². The fourth-order valence-electron chi connectivity index (χ4n) is 3.63. The van der Waals surface area contributed by atoms with E-state index in [0.29, 0.717) is 12.4 Å². The molecule has 2 aromatic carbocycles. The first-order valence-electron chi connectivity index (χ1n) is 11.0. The van der Waals surface area contributed by atoms with Crippen molar-refractivity contribution in [2.45, 2.75) is 57.5 Å². The average Bonchev–Trinajstić information content (AvgIpc) is 3.12. The van der Waals surface area contributed by atoms with E-state index in [1.165, 1.54) is 17.3 Å². The zero-order valence-electron chi connectivity index (χ0n) is 20.0. The van der Waals surface area contributed by atoms with Gasteiger partial charge in [-0.2, -0.15) is 0 Å². The molecule has 172 valence electrons. The predicted octanol–water partition coefficient (Wildman–Crippen LogP) is 5.44. The Morgan fingerprint density at radius 2 is 1.79 bits per heavy atom. The summed E-state index contributed by atoms with van der Waals surface area (Å²) in [5.74, 6) is 2.15. The van der Waals surface area contributed by atoms with Gasteiger partial charge in [0.15, 0.2) is 16.4 Å². The molecule has 0 atom stereocenters. The molecule has 7 heteroatoms. The molecule has 4 aromatic rings. The minimum atomic E-state index is 0.0342. The molecule has 33 heavy (non-hydrogen) atoms. The van der Waals surface area contributed by atoms with E-state index in [1.54, 1.807) is 6.07 Å². The third-order valence-corrected chi connectivity index (χ3v) is 7.03. The van der Waals surface area contributed by atoms with Crippen molar-refractivity contribution in [2.24, 2.45) is 7.05 Å². The van der Waals surface area contributed by atoms with E-state index in [2.05, 4.69) is 55.0 Å². The Morgan fingerprint density at radius 1 is 1.06 bits per heavy atom. The number of aromatic amines is 1. The third-order valence-electron chi connectivity index (χ3n) is 5.96. The number of benzene rings is 2. The molecule has 0 fully saturated rings. The predicted molar refractivity (Wildman–Crippen MR) is 134 cm³/mol. The van der Waals surface area contributed by atoms with Gasteiger partial charge in [-0.05, 0) is 54.2 Å². The minimum absolute atomic E-state index is 0.0342. The number of H-pyrrole nitrogens is 1. The summed E-state index contributed by atoms with van der Waals surface area (Å²) in [4.78, 5) is 16.0. The zero-order chi connectivity index (χ0) is 23.8. The van der Waals surface area contributed by atoms with Crippen LogP contribution < -0.4 is 10.2 Å². The molecule has 0 bridgehead atoms. The Balaban J connectivity index is 1.43. The Kier molecular flexibility index (Phi) is 6.34. The van der Waals surface area contributed by atoms with Crippen molar-refractivity contribution in [3.63, 3.8) is 0 Å². The lowest BCUT2D eigenvalue weighted by atomic mass is 9.87. The van der Waals surface area contributed by atoms with Crippen LogP contribution in [-0.2, 0) is 24.8 Å². The fraction of sp³-hybridized carbons (Fsp3) is 0.346. The van der Waals surface area contributed by atoms with Crippen LogP contribution >= 0.6 is 11.8 Å². The molecule has 0 saturated heterocycles. The number of fused-ring (bicyclic) bond motifs is 1. The van der Waals surface area contributed by atoms with Crippen LogP contribution in [0.15, 0.2) is 52.4 Å². The Morgan fingerprint density at radius 3 is 2.48 bits per heavy atom. The van der Waals surface area contributed by atoms with Gasteiger partial charge in [-0.1, -0.05) is 50.7 Å². The molecule has 0 aliphatic heterocycles. The maximum absolute atomic E-state index is 12.6. The molecule has 1 N–H and O–H groups in total. The highest BCUT2D eigenvalue weighted by atomic mass is 32.2. The maximum Gasteiger partial charge on any atom is 0.191 e. The van der Waals surface area contributed by atoms with Crippen molar-refractivity contribution < 1.29 is 4.74 Å². The van der Waals surface area contributed by atoms with Gasteiger partial charge in [0.25, 0.3) is 0 Å². The lowest BCUT2D eigenvalue weighted by Crippen LogP contribution is -2.10. The molecule has 0 unspecified atom stereocenters. The van der Waals surface area contributed by atoms with E-state index in [1.807, 2.05) is 42.8 Å². The minimum Gasteiger partial charge on any atom is -0.486 e. The molecule has 0 aliphatic rings. The number of hydrogen-bond donors (Lipinski definition) is 1. The van der Waals surface area contributed by atoms with Crippen molar-refractivity contribution in [3.8, 4) is 5.75 Å². The molecule has 0 amide bonds. The first kappa shape index (κ1) is 23.1. The average molecular weight is 463 g/mol. The van der Waals surface area contributed by atoms with Crippen molar-refractivity contribution in [1.82, 2.24) is 19.7 Å². The summed E-state index contributed by atoms with van der Waals surface area (Å²) in [6, 6.07) is 13.7. The third kappa shape index (κ3) is 4.98. The van der Waals surface area contributed by atoms with E-state index < -0.39 is 0 Å². The van der Waals surface area contributed by atoms with E-state index in [-0.39, 0.29) is 10.8 Å². The van der Waals surface area contributed by atoms with Crippen LogP contribution in [-0.4, -0.2) is 19.7 Å². The van der Waals surface area contributed by atoms with Gasteiger partial charge < -0.3 is 14.3 Å². The number of nitrogens with one attached hydrogen (secondary N) is 1. The van der Waals surface area contributed by atoms with Gasteiger partial charge in [-0.25, -0.2) is 0 Å². The summed E-state index contributed by atoms with van der Waals surface area (Å²) in [6.45, 7) is 11.0. The molecule has 2 heterocycles. The Labute approximate surface area is 198 Å². The lowest BCUT2D eigenvalue weighted by molar-refractivity contribution is 0.290. The standard InChI is InChI=1S/C26H30N4O2S/c1-16-7-12-21-22(31)13-19(27-24(21)17(16)2)15-33-25-29-28-23(30(25)6)14-32-20-10-8-18(9-11-20)26(3,4)5/h7-13H,14-15H2,1-6H3,(H,27,31). The van der Waals surface area contributed by atoms with Crippen LogP contribution in [0.1, 0.15) is 49.0 Å². The molecule has 0 saturated carbocycles. The number of nitrogens with zero attached hydrogens (tertiary/aromatic N) is 3. The van der Waals surface area contributed by atoms with Crippen molar-refractivity contribution in [2.75, 3.05) is 0 Å². The van der Waals surface area contributed by atoms with E-state index in [0.717, 1.165) is 44.5 Å². The van der Waals surface area contributed by atoms with Gasteiger partial charge in [-0.3, -0.25) is 4.79 Å². The Hall–Kier alpha value is -3.06. The normalized spacial score (nSPS) is 11.8. The highest BCUT2D eigenvalue weighted by molar-refractivity contribution is 7.98. The molecule has 0 aliphatic carbocycles. The van der Waals surface area contributed by atoms with Gasteiger partial charge in [-0.15, -0.1) is 10.2 Å². The van der Waals surface area contributed by atoms with Gasteiger partial charge in [0, 0.05) is 29.9 Å². The number of rotatable bonds is 6. The largest absolute Gasteiger partial charge is 0.486 e. The highest BCUT2D eigenvalue weighted by Gasteiger charge is 2.14. The number of aromatic nitrogens is 4. The summed E-state index contributed by atoms with van der Waals surface area (Å²) in [5.41, 5.74) is 5.45. The number of hydrogen-bond acceptors (Lipinski definition) is 5. The molecule has 2 aromatic heterocycles. The van der Waals surface area contributed by atoms with E-state index in [4.69, 9.17) is 4.74 Å². The van der Waals surface area contributed by atoms with Crippen molar-refractivity contribution in [3.05, 3.63) is 80.9 Å². The molecular formula is C26H30N4O2S.